The molecule has 0 aliphatic carbocycles. The van der Waals surface area contributed by atoms with E-state index in [1.807, 2.05) is 0 Å². The van der Waals surface area contributed by atoms with Gasteiger partial charge in [-0.05, 0) is 20.2 Å². The summed E-state index contributed by atoms with van der Waals surface area (Å²) in [5.74, 6) is 1.07. The topological polar surface area (TPSA) is 133 Å². The predicted octanol–water partition coefficient (Wildman–Crippen LogP) is 0.674. The summed E-state index contributed by atoms with van der Waals surface area (Å²) in [5, 5.41) is 23.9. The molecule has 0 spiro atoms. The Morgan fingerprint density at radius 3 is 2.72 bits per heavy atom. The Hall–Kier alpha value is -1.31. The minimum Gasteiger partial charge on any atom is -0.387 e. The van der Waals surface area contributed by atoms with Crippen LogP contribution in [0.15, 0.2) is 29.7 Å². The van der Waals surface area contributed by atoms with Crippen LogP contribution in [0.1, 0.15) is 6.92 Å². The highest BCUT2D eigenvalue weighted by molar-refractivity contribution is 8.13. The van der Waals surface area contributed by atoms with Crippen LogP contribution < -0.4 is 5.32 Å². The SMILES string of the molecule is C=C1NC(=NC)C=CN1[C@@H]1O[C@](CF)(COP(=O)(OCCSC(C)=O)N(C)C)C(O)[C@@H]1O. The van der Waals surface area contributed by atoms with E-state index in [1.54, 1.807) is 13.1 Å². The van der Waals surface area contributed by atoms with Crippen LogP contribution in [0.2, 0.25) is 0 Å². The summed E-state index contributed by atoms with van der Waals surface area (Å²) in [6, 6.07) is 0. The van der Waals surface area contributed by atoms with Gasteiger partial charge in [0.25, 0.3) is 0 Å². The van der Waals surface area contributed by atoms with Crippen LogP contribution in [-0.4, -0.2) is 102 Å². The highest BCUT2D eigenvalue weighted by Crippen LogP contribution is 2.51. The molecule has 3 N–H and O–H groups in total. The quantitative estimate of drug-likeness (QED) is 0.291. The zero-order chi connectivity index (χ0) is 24.1. The fourth-order valence-corrected chi connectivity index (χ4v) is 4.82. The van der Waals surface area contributed by atoms with Crippen LogP contribution in [0, 0.1) is 0 Å². The van der Waals surface area contributed by atoms with Crippen molar-refractivity contribution in [3.8, 4) is 0 Å². The largest absolute Gasteiger partial charge is 0.407 e. The molecule has 0 aromatic heterocycles. The van der Waals surface area contributed by atoms with E-state index in [4.69, 9.17) is 13.8 Å². The number of carbonyl (C=O) groups excluding carboxylic acids is 1. The molecule has 0 aromatic carbocycles. The van der Waals surface area contributed by atoms with Gasteiger partial charge in [0.15, 0.2) is 16.9 Å². The van der Waals surface area contributed by atoms with Gasteiger partial charge in [0.2, 0.25) is 0 Å². The first-order valence-electron chi connectivity index (χ1n) is 9.69. The van der Waals surface area contributed by atoms with E-state index in [0.29, 0.717) is 11.7 Å². The second kappa shape index (κ2) is 11.2. The van der Waals surface area contributed by atoms with E-state index in [9.17, 15) is 24.0 Å². The van der Waals surface area contributed by atoms with Crippen molar-refractivity contribution in [2.24, 2.45) is 4.99 Å². The average molecular weight is 496 g/mol. The number of nitrogens with one attached hydrogen (secondary N) is 1. The first-order valence-corrected chi connectivity index (χ1v) is 12.2. The number of hydrogen-bond acceptors (Lipinski definition) is 10. The Balaban J connectivity index is 2.13. The number of rotatable bonds is 10. The number of ether oxygens (including phenoxy) is 1. The number of aliphatic imine (C=N–C) groups is 1. The molecule has 0 saturated carbocycles. The van der Waals surface area contributed by atoms with Gasteiger partial charge < -0.3 is 25.2 Å². The van der Waals surface area contributed by atoms with Gasteiger partial charge in [-0.3, -0.25) is 18.8 Å². The van der Waals surface area contributed by atoms with Crippen LogP contribution in [0.25, 0.3) is 0 Å². The number of aliphatic hydroxyl groups is 2. The second-order valence-electron chi connectivity index (χ2n) is 7.31. The highest BCUT2D eigenvalue weighted by Gasteiger charge is 2.57. The van der Waals surface area contributed by atoms with Gasteiger partial charge in [-0.15, -0.1) is 0 Å². The Bertz CT molecular complexity index is 814. The van der Waals surface area contributed by atoms with Crippen LogP contribution in [0.5, 0.6) is 0 Å². The summed E-state index contributed by atoms with van der Waals surface area (Å²) in [7, 11) is 0.593. The van der Waals surface area contributed by atoms with E-state index in [0.717, 1.165) is 11.8 Å². The monoisotopic (exact) mass is 496 g/mol. The van der Waals surface area contributed by atoms with Gasteiger partial charge in [0.05, 0.1) is 13.2 Å². The minimum absolute atomic E-state index is 0.0532. The molecule has 0 amide bonds. The summed E-state index contributed by atoms with van der Waals surface area (Å²) in [6.45, 7) is 3.28. The standard InChI is InChI=1S/C18H30FN4O7PS/c1-12-21-14(20-3)6-7-23(12)17-15(25)16(26)18(10-19,30-17)11-29-31(27,22(4)5)28-8-9-32-13(2)24/h6-7,15-17,25-26H,1,8-11H2,2-5H3,(H,20,21)/t15-,16?,17+,18+,31?/m0/s1. The number of thioether (sulfide) groups is 1. The molecular weight excluding hydrogens is 466 g/mol. The molecule has 1 saturated heterocycles. The molecule has 14 heteroatoms. The maximum absolute atomic E-state index is 14.1. The molecule has 32 heavy (non-hydrogen) atoms. The third-order valence-corrected chi connectivity index (χ3v) is 7.55. The van der Waals surface area contributed by atoms with Crippen LogP contribution in [-0.2, 0) is 23.1 Å². The average Bonchev–Trinajstić information content (AvgIpc) is 3.00. The molecule has 2 heterocycles. The summed E-state index contributed by atoms with van der Waals surface area (Å²) in [6.07, 6.45) is -1.29. The molecular formula is C18H30FN4O7PS. The molecule has 2 rings (SSSR count). The Labute approximate surface area is 190 Å². The molecule has 2 aliphatic rings. The maximum Gasteiger partial charge on any atom is 0.407 e. The van der Waals surface area contributed by atoms with Crippen molar-refractivity contribution >= 4 is 30.5 Å². The third kappa shape index (κ3) is 5.97. The van der Waals surface area contributed by atoms with Gasteiger partial charge in [0, 0.05) is 25.9 Å². The van der Waals surface area contributed by atoms with Crippen molar-refractivity contribution in [3.05, 3.63) is 24.7 Å². The fourth-order valence-electron chi connectivity index (χ4n) is 3.00. The lowest BCUT2D eigenvalue weighted by atomic mass is 9.97. The molecule has 0 aromatic rings. The Morgan fingerprint density at radius 2 is 2.19 bits per heavy atom. The van der Waals surface area contributed by atoms with Crippen LogP contribution in [0.4, 0.5) is 4.39 Å². The number of hydrogen-bond donors (Lipinski definition) is 3. The fraction of sp³-hybridized carbons (Fsp3) is 0.667. The number of halogens is 1. The zero-order valence-electron chi connectivity index (χ0n) is 18.4. The summed E-state index contributed by atoms with van der Waals surface area (Å²) >= 11 is 0.998. The first-order chi connectivity index (χ1) is 15.0. The maximum atomic E-state index is 14.1. The lowest BCUT2D eigenvalue weighted by molar-refractivity contribution is -0.141. The lowest BCUT2D eigenvalue weighted by Gasteiger charge is -2.35. The molecule has 0 radical (unpaired) electrons. The number of alkyl halides is 1. The molecule has 1 fully saturated rings. The van der Waals surface area contributed by atoms with Crippen molar-refractivity contribution in [2.45, 2.75) is 31.0 Å². The van der Waals surface area contributed by atoms with Crippen LogP contribution in [0.3, 0.4) is 0 Å². The third-order valence-electron chi connectivity index (χ3n) is 4.83. The molecule has 182 valence electrons. The van der Waals surface area contributed by atoms with Crippen LogP contribution >= 0.6 is 19.5 Å². The summed E-state index contributed by atoms with van der Waals surface area (Å²) in [4.78, 5) is 16.4. The minimum atomic E-state index is -3.89. The highest BCUT2D eigenvalue weighted by atomic mass is 32.2. The second-order valence-corrected chi connectivity index (χ2v) is 10.8. The zero-order valence-corrected chi connectivity index (χ0v) is 20.1. The molecule has 2 aliphatic heterocycles. The van der Waals surface area contributed by atoms with E-state index in [2.05, 4.69) is 16.9 Å². The Kier molecular flexibility index (Phi) is 9.44. The van der Waals surface area contributed by atoms with Crippen molar-refractivity contribution in [2.75, 3.05) is 46.8 Å². The van der Waals surface area contributed by atoms with Crippen molar-refractivity contribution < 1.29 is 37.7 Å². The van der Waals surface area contributed by atoms with Crippen molar-refractivity contribution in [1.82, 2.24) is 14.9 Å². The van der Waals surface area contributed by atoms with Gasteiger partial charge >= 0.3 is 7.75 Å². The van der Waals surface area contributed by atoms with Crippen molar-refractivity contribution in [1.29, 1.82) is 0 Å². The molecule has 11 nitrogen and oxygen atoms in total. The Morgan fingerprint density at radius 1 is 1.50 bits per heavy atom. The molecule has 5 atom stereocenters. The first kappa shape index (κ1) is 26.9. The number of carbonyl (C=O) groups is 1. The van der Waals surface area contributed by atoms with E-state index in [1.165, 1.54) is 36.8 Å². The molecule has 0 bridgehead atoms. The summed E-state index contributed by atoms with van der Waals surface area (Å²) in [5.41, 5.74) is -2.00. The van der Waals surface area contributed by atoms with Gasteiger partial charge in [0.1, 0.15) is 30.5 Å². The number of nitrogens with zero attached hydrogens (tertiary/aromatic N) is 3. The molecule has 2 unspecified atom stereocenters. The van der Waals surface area contributed by atoms with Gasteiger partial charge in [-0.2, -0.15) is 0 Å². The number of aliphatic hydroxyl groups excluding tert-OH is 2. The van der Waals surface area contributed by atoms with E-state index in [-0.39, 0.29) is 17.5 Å². The lowest BCUT2D eigenvalue weighted by Crippen LogP contribution is -2.49. The summed E-state index contributed by atoms with van der Waals surface area (Å²) < 4.78 is 44.9. The van der Waals surface area contributed by atoms with E-state index >= 15 is 0 Å². The number of amidine groups is 1. The van der Waals surface area contributed by atoms with E-state index < -0.39 is 45.1 Å². The predicted molar refractivity (Wildman–Crippen MR) is 119 cm³/mol. The van der Waals surface area contributed by atoms with Gasteiger partial charge in [-0.25, -0.2) is 13.6 Å². The normalized spacial score (nSPS) is 31.2. The van der Waals surface area contributed by atoms with Gasteiger partial charge in [-0.1, -0.05) is 18.3 Å². The van der Waals surface area contributed by atoms with Crippen molar-refractivity contribution in [3.63, 3.8) is 0 Å². The smallest absolute Gasteiger partial charge is 0.387 e.